The lowest BCUT2D eigenvalue weighted by molar-refractivity contribution is -0.0741. The van der Waals surface area contributed by atoms with Crippen molar-refractivity contribution >= 4 is 6.09 Å². The third-order valence-electron chi connectivity index (χ3n) is 8.37. The van der Waals surface area contributed by atoms with Gasteiger partial charge >= 0.3 is 6.09 Å². The number of carboxylic acid groups (broad SMARTS) is 1. The average molecular weight is 333 g/mol. The summed E-state index contributed by atoms with van der Waals surface area (Å²) >= 11 is 0. The second-order valence-electron chi connectivity index (χ2n) is 9.26. The van der Waals surface area contributed by atoms with Gasteiger partial charge in [0.2, 0.25) is 0 Å². The maximum Gasteiger partial charge on any atom is 0.405 e. The predicted octanol–water partition coefficient (Wildman–Crippen LogP) is 3.95. The molecular formula is C20H31NO3. The van der Waals surface area contributed by atoms with E-state index in [0.717, 1.165) is 38.0 Å². The van der Waals surface area contributed by atoms with Gasteiger partial charge in [-0.05, 0) is 80.0 Å². The minimum Gasteiger partial charge on any atom is -0.465 e. The van der Waals surface area contributed by atoms with Crippen LogP contribution in [0, 0.1) is 28.6 Å². The topological polar surface area (TPSA) is 69.6 Å². The molecular weight excluding hydrogens is 302 g/mol. The van der Waals surface area contributed by atoms with Crippen molar-refractivity contribution in [2.45, 2.75) is 77.4 Å². The van der Waals surface area contributed by atoms with Gasteiger partial charge < -0.3 is 15.5 Å². The molecule has 0 aromatic heterocycles. The van der Waals surface area contributed by atoms with Gasteiger partial charge in [-0.15, -0.1) is 0 Å². The molecule has 0 aliphatic heterocycles. The Balaban J connectivity index is 1.60. The highest BCUT2D eigenvalue weighted by atomic mass is 16.4. The average Bonchev–Trinajstić information content (AvgIpc) is 2.83. The van der Waals surface area contributed by atoms with Crippen molar-refractivity contribution in [3.05, 3.63) is 11.6 Å². The maximum absolute atomic E-state index is 11.0. The number of nitrogens with one attached hydrogen (secondary N) is 1. The van der Waals surface area contributed by atoms with E-state index in [1.54, 1.807) is 0 Å². The minimum atomic E-state index is -0.914. The number of allylic oxidation sites excluding steroid dienone is 1. The quantitative estimate of drug-likeness (QED) is 0.636. The van der Waals surface area contributed by atoms with Crippen molar-refractivity contribution in [1.82, 2.24) is 5.32 Å². The summed E-state index contributed by atoms with van der Waals surface area (Å²) in [7, 11) is 0. The normalized spacial score (nSPS) is 50.3. The number of hydrogen-bond acceptors (Lipinski definition) is 2. The number of fused-ring (bicyclic) bond motifs is 5. The Hall–Kier alpha value is -1.03. The first-order chi connectivity index (χ1) is 11.3. The van der Waals surface area contributed by atoms with Crippen LogP contribution >= 0.6 is 0 Å². The lowest BCUT2D eigenvalue weighted by atomic mass is 9.47. The van der Waals surface area contributed by atoms with E-state index < -0.39 is 6.09 Å². The zero-order chi connectivity index (χ0) is 17.1. The molecule has 4 rings (SSSR count). The van der Waals surface area contributed by atoms with Crippen LogP contribution in [0.15, 0.2) is 11.6 Å². The predicted molar refractivity (Wildman–Crippen MR) is 92.7 cm³/mol. The molecule has 0 aromatic carbocycles. The van der Waals surface area contributed by atoms with Crippen LogP contribution in [-0.4, -0.2) is 28.5 Å². The second-order valence-corrected chi connectivity index (χ2v) is 9.26. The Morgan fingerprint density at radius 1 is 1.12 bits per heavy atom. The fraction of sp³-hybridized carbons (Fsp3) is 0.850. The van der Waals surface area contributed by atoms with Crippen molar-refractivity contribution in [2.75, 3.05) is 0 Å². The molecule has 4 unspecified atom stereocenters. The van der Waals surface area contributed by atoms with Gasteiger partial charge in [0.25, 0.3) is 0 Å². The fourth-order valence-electron chi connectivity index (χ4n) is 6.97. The maximum atomic E-state index is 11.0. The first kappa shape index (κ1) is 16.4. The zero-order valence-electron chi connectivity index (χ0n) is 14.9. The highest BCUT2D eigenvalue weighted by Gasteiger charge is 2.58. The molecule has 0 saturated heterocycles. The SMILES string of the molecule is C[C@]12CCC(NC(=O)O)C=C1CCC1C2CC[C@@]2(C)C1CC[C@H]2O. The molecule has 7 atom stereocenters. The van der Waals surface area contributed by atoms with Crippen LogP contribution in [0.25, 0.3) is 0 Å². The molecule has 4 heteroatoms. The van der Waals surface area contributed by atoms with Crippen LogP contribution < -0.4 is 5.32 Å². The number of amides is 1. The van der Waals surface area contributed by atoms with Crippen molar-refractivity contribution in [2.24, 2.45) is 28.6 Å². The summed E-state index contributed by atoms with van der Waals surface area (Å²) in [5, 5.41) is 22.2. The zero-order valence-corrected chi connectivity index (χ0v) is 14.9. The van der Waals surface area contributed by atoms with E-state index in [2.05, 4.69) is 25.2 Å². The summed E-state index contributed by atoms with van der Waals surface area (Å²) in [4.78, 5) is 11.0. The lowest BCUT2D eigenvalue weighted by Crippen LogP contribution is -2.52. The molecule has 0 radical (unpaired) electrons. The summed E-state index contributed by atoms with van der Waals surface area (Å²) in [6.45, 7) is 4.76. The van der Waals surface area contributed by atoms with E-state index in [1.165, 1.54) is 24.8 Å². The first-order valence-corrected chi connectivity index (χ1v) is 9.73. The second kappa shape index (κ2) is 5.48. The fourth-order valence-corrected chi connectivity index (χ4v) is 6.97. The summed E-state index contributed by atoms with van der Waals surface area (Å²) in [5.74, 6) is 2.14. The Labute approximate surface area is 144 Å². The molecule has 0 spiro atoms. The Kier molecular flexibility index (Phi) is 3.76. The molecule has 0 bridgehead atoms. The Morgan fingerprint density at radius 3 is 2.67 bits per heavy atom. The van der Waals surface area contributed by atoms with Crippen LogP contribution in [0.4, 0.5) is 4.79 Å². The summed E-state index contributed by atoms with van der Waals surface area (Å²) in [5.41, 5.74) is 1.88. The van der Waals surface area contributed by atoms with Crippen molar-refractivity contribution in [3.63, 3.8) is 0 Å². The molecule has 134 valence electrons. The highest BCUT2D eigenvalue weighted by molar-refractivity contribution is 5.65. The number of aliphatic hydroxyl groups is 1. The summed E-state index contributed by atoms with van der Waals surface area (Å²) < 4.78 is 0. The standard InChI is InChI=1S/C20H31NO3/c1-19-9-7-13(21-18(23)24)11-12(19)3-4-14-15-5-6-17(22)20(15,2)10-8-16(14)19/h11,13-17,21-22H,3-10H2,1-2H3,(H,23,24)/t13?,14?,15?,16?,17-,19+,20+/m1/s1. The molecule has 0 aromatic rings. The van der Waals surface area contributed by atoms with Crippen LogP contribution in [0.5, 0.6) is 0 Å². The van der Waals surface area contributed by atoms with Gasteiger partial charge in [-0.2, -0.15) is 0 Å². The summed E-state index contributed by atoms with van der Waals surface area (Å²) in [6, 6.07) is -0.00992. The first-order valence-electron chi connectivity index (χ1n) is 9.73. The van der Waals surface area contributed by atoms with Gasteiger partial charge in [0.05, 0.1) is 12.1 Å². The van der Waals surface area contributed by atoms with Crippen molar-refractivity contribution < 1.29 is 15.0 Å². The van der Waals surface area contributed by atoms with Gasteiger partial charge in [0.15, 0.2) is 0 Å². The van der Waals surface area contributed by atoms with E-state index in [0.29, 0.717) is 11.8 Å². The van der Waals surface area contributed by atoms with Crippen molar-refractivity contribution in [1.29, 1.82) is 0 Å². The third-order valence-corrected chi connectivity index (χ3v) is 8.37. The van der Waals surface area contributed by atoms with Crippen LogP contribution in [0.3, 0.4) is 0 Å². The minimum absolute atomic E-state index is 0.00992. The molecule has 1 amide bonds. The Bertz CT molecular complexity index is 573. The lowest BCUT2D eigenvalue weighted by Gasteiger charge is -2.58. The van der Waals surface area contributed by atoms with Crippen LogP contribution in [0.1, 0.15) is 65.2 Å². The molecule has 4 aliphatic carbocycles. The largest absolute Gasteiger partial charge is 0.465 e. The highest BCUT2D eigenvalue weighted by Crippen LogP contribution is 2.65. The number of hydrogen-bond donors (Lipinski definition) is 3. The van der Waals surface area contributed by atoms with Gasteiger partial charge in [0, 0.05) is 0 Å². The third kappa shape index (κ3) is 2.25. The van der Waals surface area contributed by atoms with Gasteiger partial charge in [-0.25, -0.2) is 4.79 Å². The number of carbonyl (C=O) groups is 1. The molecule has 3 fully saturated rings. The van der Waals surface area contributed by atoms with E-state index >= 15 is 0 Å². The molecule has 4 nitrogen and oxygen atoms in total. The van der Waals surface area contributed by atoms with E-state index in [1.807, 2.05) is 0 Å². The van der Waals surface area contributed by atoms with Crippen LogP contribution in [-0.2, 0) is 0 Å². The molecule has 3 N–H and O–H groups in total. The van der Waals surface area contributed by atoms with E-state index in [4.69, 9.17) is 5.11 Å². The molecule has 24 heavy (non-hydrogen) atoms. The van der Waals surface area contributed by atoms with Crippen molar-refractivity contribution in [3.8, 4) is 0 Å². The monoisotopic (exact) mass is 333 g/mol. The molecule has 0 heterocycles. The summed E-state index contributed by atoms with van der Waals surface area (Å²) in [6.07, 6.45) is 10.1. The molecule has 4 aliphatic rings. The number of rotatable bonds is 1. The smallest absolute Gasteiger partial charge is 0.405 e. The van der Waals surface area contributed by atoms with E-state index in [9.17, 15) is 9.90 Å². The van der Waals surface area contributed by atoms with Gasteiger partial charge in [-0.3, -0.25) is 0 Å². The van der Waals surface area contributed by atoms with Crippen LogP contribution in [0.2, 0.25) is 0 Å². The van der Waals surface area contributed by atoms with Gasteiger partial charge in [-0.1, -0.05) is 25.5 Å². The number of aliphatic hydroxyl groups excluding tert-OH is 1. The Morgan fingerprint density at radius 2 is 1.92 bits per heavy atom. The molecule has 3 saturated carbocycles. The van der Waals surface area contributed by atoms with Gasteiger partial charge in [0.1, 0.15) is 0 Å². The van der Waals surface area contributed by atoms with E-state index in [-0.39, 0.29) is 23.0 Å².